The Morgan fingerprint density at radius 2 is 1.96 bits per heavy atom. The zero-order valence-corrected chi connectivity index (χ0v) is 12.3. The van der Waals surface area contributed by atoms with E-state index in [4.69, 9.17) is 5.11 Å². The lowest BCUT2D eigenvalue weighted by Crippen LogP contribution is -2.17. The second kappa shape index (κ2) is 5.03. The minimum Gasteiger partial charge on any atom is -0.478 e. The van der Waals surface area contributed by atoms with E-state index in [1.54, 1.807) is 28.8 Å². The van der Waals surface area contributed by atoms with E-state index in [0.717, 1.165) is 0 Å². The van der Waals surface area contributed by atoms with E-state index in [0.29, 0.717) is 27.3 Å². The van der Waals surface area contributed by atoms with Crippen molar-refractivity contribution < 1.29 is 23.1 Å². The van der Waals surface area contributed by atoms with Gasteiger partial charge in [-0.1, -0.05) is 12.1 Å². The predicted octanol–water partition coefficient (Wildman–Crippen LogP) is 2.79. The van der Waals surface area contributed by atoms with Crippen molar-refractivity contribution in [1.29, 1.82) is 0 Å². The van der Waals surface area contributed by atoms with Crippen molar-refractivity contribution in [2.45, 2.75) is 6.18 Å². The van der Waals surface area contributed by atoms with Gasteiger partial charge in [0.1, 0.15) is 11.9 Å². The lowest BCUT2D eigenvalue weighted by atomic mass is 10.1. The summed E-state index contributed by atoms with van der Waals surface area (Å²) in [6.45, 7) is 0. The maximum absolute atomic E-state index is 13.4. The number of rotatable bonds is 2. The number of pyridine rings is 1. The summed E-state index contributed by atoms with van der Waals surface area (Å²) in [6, 6.07) is 6.28. The Balaban J connectivity index is 2.08. The first kappa shape index (κ1) is 15.1. The number of halogens is 3. The van der Waals surface area contributed by atoms with E-state index in [-0.39, 0.29) is 5.69 Å². The van der Waals surface area contributed by atoms with Gasteiger partial charge in [-0.05, 0) is 12.1 Å². The van der Waals surface area contributed by atoms with Crippen molar-refractivity contribution in [1.82, 2.24) is 24.4 Å². The number of aromatic nitrogens is 5. The van der Waals surface area contributed by atoms with Gasteiger partial charge in [0.15, 0.2) is 11.3 Å². The van der Waals surface area contributed by atoms with E-state index in [1.807, 2.05) is 0 Å². The lowest BCUT2D eigenvalue weighted by molar-refractivity contribution is -0.143. The van der Waals surface area contributed by atoms with Crippen LogP contribution in [0.3, 0.4) is 0 Å². The molecule has 0 aliphatic heterocycles. The molecule has 0 amide bonds. The number of hydrogen-bond donors (Lipinski definition) is 1. The molecule has 0 aliphatic rings. The molecule has 0 saturated carbocycles. The van der Waals surface area contributed by atoms with Gasteiger partial charge in [0.2, 0.25) is 0 Å². The van der Waals surface area contributed by atoms with Crippen LogP contribution < -0.4 is 0 Å². The molecule has 0 radical (unpaired) electrons. The fraction of sp³-hybridized carbons (Fsp3) is 0.0667. The van der Waals surface area contributed by atoms with Gasteiger partial charge >= 0.3 is 12.1 Å². The maximum atomic E-state index is 13.4. The van der Waals surface area contributed by atoms with Crippen LogP contribution in [0.2, 0.25) is 0 Å². The zero-order valence-electron chi connectivity index (χ0n) is 12.3. The molecule has 126 valence electrons. The Hall–Kier alpha value is -3.43. The highest BCUT2D eigenvalue weighted by Crippen LogP contribution is 2.35. The van der Waals surface area contributed by atoms with Gasteiger partial charge in [-0.15, -0.1) is 10.2 Å². The average molecular weight is 347 g/mol. The number of hydrogen-bond acceptors (Lipinski definition) is 4. The van der Waals surface area contributed by atoms with Crippen LogP contribution in [0.1, 0.15) is 16.1 Å². The third-order valence-corrected chi connectivity index (χ3v) is 3.80. The summed E-state index contributed by atoms with van der Waals surface area (Å²) in [5.41, 5.74) is -1.68. The molecule has 0 spiro atoms. The van der Waals surface area contributed by atoms with Crippen molar-refractivity contribution in [2.24, 2.45) is 0 Å². The largest absolute Gasteiger partial charge is 0.478 e. The Bertz CT molecular complexity index is 1130. The first-order chi connectivity index (χ1) is 11.9. The maximum Gasteiger partial charge on any atom is 0.434 e. The zero-order chi connectivity index (χ0) is 17.8. The summed E-state index contributed by atoms with van der Waals surface area (Å²) < 4.78 is 42.5. The van der Waals surface area contributed by atoms with Crippen LogP contribution in [0, 0.1) is 0 Å². The van der Waals surface area contributed by atoms with E-state index in [2.05, 4.69) is 15.3 Å². The smallest absolute Gasteiger partial charge is 0.434 e. The average Bonchev–Trinajstić information content (AvgIpc) is 3.20. The minimum atomic E-state index is -4.88. The highest BCUT2D eigenvalue weighted by atomic mass is 19.4. The molecule has 0 bridgehead atoms. The van der Waals surface area contributed by atoms with E-state index in [1.165, 1.54) is 12.4 Å². The van der Waals surface area contributed by atoms with Gasteiger partial charge in [0.25, 0.3) is 0 Å². The summed E-state index contributed by atoms with van der Waals surface area (Å²) in [6.07, 6.45) is -1.11. The number of nitrogens with zero attached hydrogens (tertiary/aromatic N) is 5. The molecule has 0 saturated heterocycles. The normalized spacial score (nSPS) is 12.1. The predicted molar refractivity (Wildman–Crippen MR) is 79.6 cm³/mol. The number of fused-ring (bicyclic) bond motifs is 3. The number of carbonyl (C=O) groups is 1. The summed E-state index contributed by atoms with van der Waals surface area (Å²) in [4.78, 5) is 11.1. The van der Waals surface area contributed by atoms with Crippen LogP contribution >= 0.6 is 0 Å². The molecule has 4 aromatic rings. The van der Waals surface area contributed by atoms with Crippen molar-refractivity contribution in [2.75, 3.05) is 0 Å². The van der Waals surface area contributed by atoms with Gasteiger partial charge in [-0.2, -0.15) is 18.3 Å². The molecular weight excluding hydrogens is 339 g/mol. The van der Waals surface area contributed by atoms with Crippen LogP contribution in [-0.4, -0.2) is 35.5 Å². The Labute approximate surface area is 136 Å². The molecule has 25 heavy (non-hydrogen) atoms. The van der Waals surface area contributed by atoms with Gasteiger partial charge in [0.05, 0.1) is 11.9 Å². The van der Waals surface area contributed by atoms with E-state index in [9.17, 15) is 18.0 Å². The standard InChI is InChI=1S/C15H8F3N5O2/c16-15(17,18)12-10(14(24)25)6-20-23(12)11-3-1-2-9-8(11)4-5-22-7-19-21-13(9)22/h1-7H,(H,24,25). The highest BCUT2D eigenvalue weighted by molar-refractivity contribution is 5.99. The summed E-state index contributed by atoms with van der Waals surface area (Å²) in [7, 11) is 0. The fourth-order valence-corrected chi connectivity index (χ4v) is 2.77. The molecular formula is C15H8F3N5O2. The van der Waals surface area contributed by atoms with Crippen LogP contribution in [-0.2, 0) is 6.18 Å². The Morgan fingerprint density at radius 3 is 2.68 bits per heavy atom. The molecule has 10 heteroatoms. The molecule has 0 unspecified atom stereocenters. The first-order valence-corrected chi connectivity index (χ1v) is 6.98. The van der Waals surface area contributed by atoms with Crippen LogP contribution in [0.25, 0.3) is 22.1 Å². The van der Waals surface area contributed by atoms with Crippen molar-refractivity contribution in [3.63, 3.8) is 0 Å². The monoisotopic (exact) mass is 347 g/mol. The Kier molecular flexibility index (Phi) is 3.04. The third-order valence-electron chi connectivity index (χ3n) is 3.80. The number of carboxylic acids is 1. The molecule has 3 heterocycles. The minimum absolute atomic E-state index is 0.0998. The highest BCUT2D eigenvalue weighted by Gasteiger charge is 2.40. The van der Waals surface area contributed by atoms with Gasteiger partial charge in [-0.3, -0.25) is 4.40 Å². The number of benzene rings is 1. The molecule has 3 aromatic heterocycles. The Morgan fingerprint density at radius 1 is 1.16 bits per heavy atom. The van der Waals surface area contributed by atoms with E-state index < -0.39 is 23.4 Å². The topological polar surface area (TPSA) is 85.3 Å². The van der Waals surface area contributed by atoms with Gasteiger partial charge in [-0.25, -0.2) is 9.48 Å². The second-order valence-corrected chi connectivity index (χ2v) is 5.24. The van der Waals surface area contributed by atoms with Crippen LogP contribution in [0.5, 0.6) is 0 Å². The van der Waals surface area contributed by atoms with Crippen molar-refractivity contribution >= 4 is 22.4 Å². The number of carboxylic acid groups (broad SMARTS) is 1. The van der Waals surface area contributed by atoms with E-state index >= 15 is 0 Å². The second-order valence-electron chi connectivity index (χ2n) is 5.24. The van der Waals surface area contributed by atoms with Crippen LogP contribution in [0.4, 0.5) is 13.2 Å². The lowest BCUT2D eigenvalue weighted by Gasteiger charge is -2.13. The van der Waals surface area contributed by atoms with Crippen molar-refractivity contribution in [3.8, 4) is 5.69 Å². The first-order valence-electron chi connectivity index (χ1n) is 6.98. The number of aromatic carboxylic acids is 1. The molecule has 0 aliphatic carbocycles. The molecule has 1 aromatic carbocycles. The quantitative estimate of drug-likeness (QED) is 0.603. The fourth-order valence-electron chi connectivity index (χ4n) is 2.77. The molecule has 4 rings (SSSR count). The SMILES string of the molecule is O=C(O)c1cnn(-c2cccc3c2ccn2cnnc32)c1C(F)(F)F. The molecule has 1 N–H and O–H groups in total. The van der Waals surface area contributed by atoms with Crippen LogP contribution in [0.15, 0.2) is 43.0 Å². The summed E-state index contributed by atoms with van der Waals surface area (Å²) >= 11 is 0. The number of alkyl halides is 3. The van der Waals surface area contributed by atoms with Gasteiger partial charge in [0, 0.05) is 17.0 Å². The van der Waals surface area contributed by atoms with Crippen molar-refractivity contribution in [3.05, 3.63) is 54.2 Å². The molecule has 0 atom stereocenters. The summed E-state index contributed by atoms with van der Waals surface area (Å²) in [5.74, 6) is -1.70. The third kappa shape index (κ3) is 2.22. The van der Waals surface area contributed by atoms with Gasteiger partial charge < -0.3 is 5.11 Å². The molecule has 0 fully saturated rings. The molecule has 7 nitrogen and oxygen atoms in total. The summed E-state index contributed by atoms with van der Waals surface area (Å²) in [5, 5.41) is 21.4.